The van der Waals surface area contributed by atoms with Crippen LogP contribution >= 0.6 is 23.2 Å². The summed E-state index contributed by atoms with van der Waals surface area (Å²) in [7, 11) is 0. The number of rotatable bonds is 5. The first-order valence-corrected chi connectivity index (χ1v) is 13.3. The molecule has 2 aromatic rings. The first kappa shape index (κ1) is 28.5. The number of benzene rings is 2. The normalized spacial score (nSPS) is 20.7. The molecule has 2 aliphatic heterocycles. The average molecular weight is 567 g/mol. The van der Waals surface area contributed by atoms with E-state index in [2.05, 4.69) is 9.80 Å². The van der Waals surface area contributed by atoms with Gasteiger partial charge in [0.1, 0.15) is 0 Å². The quantitative estimate of drug-likeness (QED) is 0.335. The van der Waals surface area contributed by atoms with Crippen molar-refractivity contribution < 1.29 is 26.3 Å². The Morgan fingerprint density at radius 2 is 1.38 bits per heavy atom. The largest absolute Gasteiger partial charge is 0.416 e. The van der Waals surface area contributed by atoms with Crippen molar-refractivity contribution in [1.29, 1.82) is 0 Å². The molecule has 0 saturated carbocycles. The Bertz CT molecular complexity index is 1060. The second kappa shape index (κ2) is 10.9. The zero-order chi connectivity index (χ0) is 27.0. The molecule has 0 aliphatic carbocycles. The Labute approximate surface area is 223 Å². The number of alkyl halides is 6. The van der Waals surface area contributed by atoms with Gasteiger partial charge in [0.2, 0.25) is 0 Å². The van der Waals surface area contributed by atoms with Crippen molar-refractivity contribution in [3.8, 4) is 0 Å². The van der Waals surface area contributed by atoms with Crippen LogP contribution in [0.15, 0.2) is 36.4 Å². The van der Waals surface area contributed by atoms with Crippen LogP contribution in [0.4, 0.5) is 26.3 Å². The van der Waals surface area contributed by atoms with E-state index in [1.54, 1.807) is 18.2 Å². The summed E-state index contributed by atoms with van der Waals surface area (Å²) in [4.78, 5) is 4.64. The first-order chi connectivity index (χ1) is 17.3. The van der Waals surface area contributed by atoms with E-state index >= 15 is 0 Å². The molecule has 1 atom stereocenters. The molecule has 0 amide bonds. The number of piperidine rings is 2. The Kier molecular flexibility index (Phi) is 8.44. The highest BCUT2D eigenvalue weighted by atomic mass is 35.5. The zero-order valence-electron chi connectivity index (χ0n) is 20.5. The summed E-state index contributed by atoms with van der Waals surface area (Å²) < 4.78 is 81.4. The van der Waals surface area contributed by atoms with Crippen molar-refractivity contribution >= 4 is 23.2 Å². The van der Waals surface area contributed by atoms with Crippen LogP contribution in [0.3, 0.4) is 0 Å². The van der Waals surface area contributed by atoms with Crippen molar-refractivity contribution in [2.75, 3.05) is 26.2 Å². The van der Waals surface area contributed by atoms with E-state index < -0.39 is 29.0 Å². The summed E-state index contributed by atoms with van der Waals surface area (Å²) in [6.45, 7) is 5.25. The van der Waals surface area contributed by atoms with E-state index in [1.165, 1.54) is 19.3 Å². The maximum atomic E-state index is 13.6. The molecule has 2 heterocycles. The lowest BCUT2D eigenvalue weighted by Crippen LogP contribution is -2.53. The molecular weight excluding hydrogens is 537 g/mol. The predicted molar refractivity (Wildman–Crippen MR) is 134 cm³/mol. The van der Waals surface area contributed by atoms with Gasteiger partial charge in [0.25, 0.3) is 0 Å². The average Bonchev–Trinajstić information content (AvgIpc) is 2.85. The minimum Gasteiger partial charge on any atom is -0.300 e. The summed E-state index contributed by atoms with van der Waals surface area (Å²) >= 11 is 12.9. The standard InChI is InChI=1S/C27H30Cl2F6N2/c1-25(22-6-5-7-23(28)24(22)29,37-12-8-21(9-13-37)36-10-3-2-4-11-36)17-18-14-19(26(30,31)32)16-20(15-18)27(33,34)35/h5-7,14-16,21H,2-4,8-13,17H2,1H3. The lowest BCUT2D eigenvalue weighted by Gasteiger charge is -2.48. The Morgan fingerprint density at radius 1 is 0.811 bits per heavy atom. The molecular formula is C27H30Cl2F6N2. The van der Waals surface area contributed by atoms with Crippen LogP contribution < -0.4 is 0 Å². The molecule has 2 saturated heterocycles. The Morgan fingerprint density at radius 3 is 1.92 bits per heavy atom. The van der Waals surface area contributed by atoms with E-state index in [1.807, 2.05) is 6.92 Å². The van der Waals surface area contributed by atoms with Crippen molar-refractivity contribution in [2.24, 2.45) is 0 Å². The third-order valence-corrected chi connectivity index (χ3v) is 8.62. The number of hydrogen-bond acceptors (Lipinski definition) is 2. The molecule has 2 aliphatic rings. The fourth-order valence-corrected chi connectivity index (χ4v) is 6.33. The molecule has 2 aromatic carbocycles. The fourth-order valence-electron chi connectivity index (χ4n) is 5.82. The third kappa shape index (κ3) is 6.40. The van der Waals surface area contributed by atoms with Crippen LogP contribution in [0.1, 0.15) is 61.3 Å². The van der Waals surface area contributed by atoms with Gasteiger partial charge in [0.15, 0.2) is 0 Å². The van der Waals surface area contributed by atoms with Crippen molar-refractivity contribution in [3.05, 3.63) is 68.7 Å². The molecule has 0 N–H and O–H groups in total. The monoisotopic (exact) mass is 566 g/mol. The van der Waals surface area contributed by atoms with Crippen LogP contribution in [-0.2, 0) is 24.3 Å². The van der Waals surface area contributed by atoms with Gasteiger partial charge in [-0.25, -0.2) is 0 Å². The number of nitrogens with zero attached hydrogens (tertiary/aromatic N) is 2. The highest BCUT2D eigenvalue weighted by molar-refractivity contribution is 6.42. The van der Waals surface area contributed by atoms with Gasteiger partial charge in [0, 0.05) is 24.7 Å². The van der Waals surface area contributed by atoms with Crippen LogP contribution in [-0.4, -0.2) is 42.0 Å². The van der Waals surface area contributed by atoms with Gasteiger partial charge in [-0.05, 0) is 87.5 Å². The SMILES string of the molecule is CC(Cc1cc(C(F)(F)F)cc(C(F)(F)F)c1)(c1cccc(Cl)c1Cl)N1CCC(N2CCCCC2)CC1. The molecule has 2 fully saturated rings. The maximum Gasteiger partial charge on any atom is 0.416 e. The summed E-state index contributed by atoms with van der Waals surface area (Å²) in [5.74, 6) is 0. The second-order valence-electron chi connectivity index (χ2n) is 10.3. The van der Waals surface area contributed by atoms with Crippen molar-refractivity contribution in [2.45, 2.75) is 69.4 Å². The molecule has 0 radical (unpaired) electrons. The van der Waals surface area contributed by atoms with E-state index in [0.29, 0.717) is 24.7 Å². The second-order valence-corrected chi connectivity index (χ2v) is 11.1. The van der Waals surface area contributed by atoms with Gasteiger partial charge in [0.05, 0.1) is 21.2 Å². The van der Waals surface area contributed by atoms with E-state index in [-0.39, 0.29) is 28.1 Å². The number of halogens is 8. The first-order valence-electron chi connectivity index (χ1n) is 12.5. The molecule has 10 heteroatoms. The van der Waals surface area contributed by atoms with Gasteiger partial charge in [-0.15, -0.1) is 0 Å². The molecule has 0 spiro atoms. The van der Waals surface area contributed by atoms with Gasteiger partial charge < -0.3 is 4.90 Å². The smallest absolute Gasteiger partial charge is 0.300 e. The van der Waals surface area contributed by atoms with E-state index in [9.17, 15) is 26.3 Å². The van der Waals surface area contributed by atoms with Crippen molar-refractivity contribution in [3.63, 3.8) is 0 Å². The van der Waals surface area contributed by atoms with Gasteiger partial charge in [-0.3, -0.25) is 4.90 Å². The molecule has 204 valence electrons. The maximum absolute atomic E-state index is 13.6. The minimum absolute atomic E-state index is 0.0566. The highest BCUT2D eigenvalue weighted by Crippen LogP contribution is 2.43. The van der Waals surface area contributed by atoms with Crippen LogP contribution in [0.5, 0.6) is 0 Å². The predicted octanol–water partition coefficient (Wildman–Crippen LogP) is 8.44. The lowest BCUT2D eigenvalue weighted by molar-refractivity contribution is -0.143. The summed E-state index contributed by atoms with van der Waals surface area (Å²) in [5, 5.41) is 0.543. The van der Waals surface area contributed by atoms with Gasteiger partial charge in [-0.1, -0.05) is 41.8 Å². The molecule has 2 nitrogen and oxygen atoms in total. The topological polar surface area (TPSA) is 6.48 Å². The molecule has 0 aromatic heterocycles. The molecule has 4 rings (SSSR count). The van der Waals surface area contributed by atoms with Crippen LogP contribution in [0.2, 0.25) is 10.0 Å². The summed E-state index contributed by atoms with van der Waals surface area (Å²) in [5.41, 5.74) is -3.08. The van der Waals surface area contributed by atoms with Crippen LogP contribution in [0, 0.1) is 0 Å². The zero-order valence-corrected chi connectivity index (χ0v) is 22.0. The fraction of sp³-hybridized carbons (Fsp3) is 0.556. The Hall–Kier alpha value is -1.48. The van der Waals surface area contributed by atoms with Gasteiger partial charge >= 0.3 is 12.4 Å². The third-order valence-electron chi connectivity index (χ3n) is 7.80. The van der Waals surface area contributed by atoms with E-state index in [0.717, 1.165) is 38.1 Å². The Balaban J connectivity index is 1.71. The highest BCUT2D eigenvalue weighted by Gasteiger charge is 2.41. The van der Waals surface area contributed by atoms with Gasteiger partial charge in [-0.2, -0.15) is 26.3 Å². The summed E-state index contributed by atoms with van der Waals surface area (Å²) in [6, 6.07) is 7.28. The minimum atomic E-state index is -4.91. The van der Waals surface area contributed by atoms with E-state index in [4.69, 9.17) is 23.2 Å². The molecule has 0 bridgehead atoms. The van der Waals surface area contributed by atoms with Crippen LogP contribution in [0.25, 0.3) is 0 Å². The molecule has 1 unspecified atom stereocenters. The summed E-state index contributed by atoms with van der Waals surface area (Å²) in [6.07, 6.45) is -4.60. The molecule has 37 heavy (non-hydrogen) atoms. The number of hydrogen-bond donors (Lipinski definition) is 0. The van der Waals surface area contributed by atoms with Crippen molar-refractivity contribution in [1.82, 2.24) is 9.80 Å². The lowest BCUT2D eigenvalue weighted by atomic mass is 9.81. The number of likely N-dealkylation sites (tertiary alicyclic amines) is 2.